The predicted octanol–water partition coefficient (Wildman–Crippen LogP) is 3.25. The summed E-state index contributed by atoms with van der Waals surface area (Å²) in [6, 6.07) is 12.1. The number of benzene rings is 2. The van der Waals surface area contributed by atoms with Crippen LogP contribution in [0.3, 0.4) is 0 Å². The van der Waals surface area contributed by atoms with Crippen molar-refractivity contribution in [1.29, 1.82) is 0 Å². The summed E-state index contributed by atoms with van der Waals surface area (Å²) in [5.41, 5.74) is 0.375. The lowest BCUT2D eigenvalue weighted by atomic mass is 10.2. The van der Waals surface area contributed by atoms with E-state index < -0.39 is 16.1 Å². The molecule has 0 aromatic heterocycles. The largest absolute Gasteiger partial charge is 0.486 e. The molecule has 0 radical (unpaired) electrons. The number of rotatable bonds is 5. The van der Waals surface area contributed by atoms with Gasteiger partial charge in [0, 0.05) is 15.6 Å². The summed E-state index contributed by atoms with van der Waals surface area (Å²) in [5.74, 6) is 0.955. The molecule has 2 aromatic rings. The molecule has 0 amide bonds. The summed E-state index contributed by atoms with van der Waals surface area (Å²) in [5, 5.41) is 0.637. The zero-order chi connectivity index (χ0) is 17.2. The fourth-order valence-corrected chi connectivity index (χ4v) is 4.22. The molecule has 1 N–H and O–H groups in total. The van der Waals surface area contributed by atoms with Crippen LogP contribution in [0.25, 0.3) is 0 Å². The van der Waals surface area contributed by atoms with Gasteiger partial charge in [-0.25, -0.2) is 13.1 Å². The van der Waals surface area contributed by atoms with E-state index in [1.165, 1.54) is 0 Å². The van der Waals surface area contributed by atoms with E-state index in [1.54, 1.807) is 30.3 Å². The average molecular weight is 388 g/mol. The lowest BCUT2D eigenvalue weighted by molar-refractivity contribution is 0.0943. The third-order valence-corrected chi connectivity index (χ3v) is 5.48. The Morgan fingerprint density at radius 2 is 1.71 bits per heavy atom. The van der Waals surface area contributed by atoms with Crippen LogP contribution in [0.5, 0.6) is 11.5 Å². The summed E-state index contributed by atoms with van der Waals surface area (Å²) in [4.78, 5) is 0. The molecule has 1 aliphatic rings. The molecule has 8 heteroatoms. The first-order valence-corrected chi connectivity index (χ1v) is 9.64. The Bertz CT molecular complexity index is 821. The lowest BCUT2D eigenvalue weighted by Gasteiger charge is -2.26. The van der Waals surface area contributed by atoms with Gasteiger partial charge < -0.3 is 9.47 Å². The fourth-order valence-electron chi connectivity index (χ4n) is 2.29. The second kappa shape index (κ2) is 7.19. The first-order valence-electron chi connectivity index (χ1n) is 7.23. The Kier molecular flexibility index (Phi) is 5.20. The quantitative estimate of drug-likeness (QED) is 0.854. The molecule has 1 aliphatic heterocycles. The maximum absolute atomic E-state index is 12.3. The van der Waals surface area contributed by atoms with Crippen LogP contribution >= 0.6 is 23.2 Å². The van der Waals surface area contributed by atoms with Crippen LogP contribution in [0.15, 0.2) is 42.5 Å². The molecule has 0 spiro atoms. The molecule has 0 saturated carbocycles. The summed E-state index contributed by atoms with van der Waals surface area (Å²) in [6.45, 7) is 0.366. The molecule has 24 heavy (non-hydrogen) atoms. The zero-order valence-electron chi connectivity index (χ0n) is 12.5. The van der Waals surface area contributed by atoms with E-state index in [0.29, 0.717) is 27.1 Å². The molecule has 3 rings (SSSR count). The second-order valence-electron chi connectivity index (χ2n) is 5.31. The molecule has 128 valence electrons. The van der Waals surface area contributed by atoms with Crippen LogP contribution in [-0.4, -0.2) is 27.7 Å². The van der Waals surface area contributed by atoms with E-state index >= 15 is 0 Å². The molecular formula is C16H15Cl2NO4S. The standard InChI is InChI=1S/C16H15Cl2NO4S/c17-13-4-3-5-14(18)12(13)10-24(20,21)19-8-11-9-22-15-6-1-2-7-16(15)23-11/h1-7,11,19H,8-10H2. The third-order valence-electron chi connectivity index (χ3n) is 3.49. The van der Waals surface area contributed by atoms with Crippen LogP contribution in [0.1, 0.15) is 5.56 Å². The molecule has 5 nitrogen and oxygen atoms in total. The Morgan fingerprint density at radius 3 is 2.42 bits per heavy atom. The van der Waals surface area contributed by atoms with E-state index in [2.05, 4.69) is 4.72 Å². The van der Waals surface area contributed by atoms with Crippen molar-refractivity contribution >= 4 is 33.2 Å². The number of sulfonamides is 1. The van der Waals surface area contributed by atoms with Gasteiger partial charge in [-0.15, -0.1) is 0 Å². The zero-order valence-corrected chi connectivity index (χ0v) is 14.9. The SMILES string of the molecule is O=S(=O)(Cc1c(Cl)cccc1Cl)NCC1COc2ccccc2O1. The maximum Gasteiger partial charge on any atom is 0.216 e. The molecule has 0 fully saturated rings. The van der Waals surface area contributed by atoms with Gasteiger partial charge in [-0.05, 0) is 24.3 Å². The van der Waals surface area contributed by atoms with Crippen molar-refractivity contribution in [3.8, 4) is 11.5 Å². The number of para-hydroxylation sites is 2. The van der Waals surface area contributed by atoms with Crippen molar-refractivity contribution in [2.75, 3.05) is 13.2 Å². The number of fused-ring (bicyclic) bond motifs is 1. The summed E-state index contributed by atoms with van der Waals surface area (Å²) in [6.07, 6.45) is -0.406. The van der Waals surface area contributed by atoms with Gasteiger partial charge >= 0.3 is 0 Å². The highest BCUT2D eigenvalue weighted by molar-refractivity contribution is 7.88. The van der Waals surface area contributed by atoms with Gasteiger partial charge in [0.15, 0.2) is 11.5 Å². The smallest absolute Gasteiger partial charge is 0.216 e. The van der Waals surface area contributed by atoms with Gasteiger partial charge in [0.2, 0.25) is 10.0 Å². The molecular weight excluding hydrogens is 373 g/mol. The third kappa shape index (κ3) is 4.13. The van der Waals surface area contributed by atoms with E-state index in [4.69, 9.17) is 32.7 Å². The normalized spacial score (nSPS) is 16.8. The van der Waals surface area contributed by atoms with E-state index in [9.17, 15) is 8.42 Å². The van der Waals surface area contributed by atoms with Crippen molar-refractivity contribution in [1.82, 2.24) is 4.72 Å². The molecule has 1 unspecified atom stereocenters. The lowest BCUT2D eigenvalue weighted by Crippen LogP contribution is -2.41. The van der Waals surface area contributed by atoms with Crippen LogP contribution in [0.2, 0.25) is 10.0 Å². The highest BCUT2D eigenvalue weighted by Crippen LogP contribution is 2.31. The first-order chi connectivity index (χ1) is 11.4. The minimum atomic E-state index is -3.61. The summed E-state index contributed by atoms with van der Waals surface area (Å²) < 4.78 is 38.3. The molecule has 1 heterocycles. The number of halogens is 2. The molecule has 2 aromatic carbocycles. The van der Waals surface area contributed by atoms with Gasteiger partial charge in [0.1, 0.15) is 12.7 Å². The minimum Gasteiger partial charge on any atom is -0.486 e. The molecule has 0 saturated heterocycles. The highest BCUT2D eigenvalue weighted by Gasteiger charge is 2.23. The predicted molar refractivity (Wildman–Crippen MR) is 93.4 cm³/mol. The van der Waals surface area contributed by atoms with E-state index in [0.717, 1.165) is 0 Å². The monoisotopic (exact) mass is 387 g/mol. The Hall–Kier alpha value is -1.47. The van der Waals surface area contributed by atoms with Crippen molar-refractivity contribution in [2.24, 2.45) is 0 Å². The minimum absolute atomic E-state index is 0.0960. The van der Waals surface area contributed by atoms with Gasteiger partial charge in [-0.1, -0.05) is 41.4 Å². The fraction of sp³-hybridized carbons (Fsp3) is 0.250. The van der Waals surface area contributed by atoms with Gasteiger partial charge in [-0.3, -0.25) is 0 Å². The first kappa shape index (κ1) is 17.4. The second-order valence-corrected chi connectivity index (χ2v) is 7.93. The molecule has 1 atom stereocenters. The maximum atomic E-state index is 12.3. The van der Waals surface area contributed by atoms with Crippen molar-refractivity contribution in [3.05, 3.63) is 58.1 Å². The van der Waals surface area contributed by atoms with Crippen LogP contribution in [-0.2, 0) is 15.8 Å². The number of hydrogen-bond donors (Lipinski definition) is 1. The Labute approximate surface area is 150 Å². The summed E-state index contributed by atoms with van der Waals surface area (Å²) >= 11 is 12.0. The van der Waals surface area contributed by atoms with Gasteiger partial charge in [0.25, 0.3) is 0 Å². The van der Waals surface area contributed by atoms with Crippen LogP contribution in [0.4, 0.5) is 0 Å². The Balaban J connectivity index is 1.62. The molecule has 0 aliphatic carbocycles. The molecule has 0 bridgehead atoms. The van der Waals surface area contributed by atoms with Crippen molar-refractivity contribution < 1.29 is 17.9 Å². The highest BCUT2D eigenvalue weighted by atomic mass is 35.5. The van der Waals surface area contributed by atoms with Crippen molar-refractivity contribution in [2.45, 2.75) is 11.9 Å². The number of nitrogens with one attached hydrogen (secondary N) is 1. The van der Waals surface area contributed by atoms with Crippen molar-refractivity contribution in [3.63, 3.8) is 0 Å². The van der Waals surface area contributed by atoms with Gasteiger partial charge in [-0.2, -0.15) is 0 Å². The average Bonchev–Trinajstić information content (AvgIpc) is 2.56. The van der Waals surface area contributed by atoms with E-state index in [-0.39, 0.29) is 18.9 Å². The topological polar surface area (TPSA) is 64.6 Å². The van der Waals surface area contributed by atoms with Crippen LogP contribution in [0, 0.1) is 0 Å². The number of ether oxygens (including phenoxy) is 2. The van der Waals surface area contributed by atoms with Gasteiger partial charge in [0.05, 0.1) is 12.3 Å². The number of hydrogen-bond acceptors (Lipinski definition) is 4. The van der Waals surface area contributed by atoms with Crippen LogP contribution < -0.4 is 14.2 Å². The van der Waals surface area contributed by atoms with E-state index in [1.807, 2.05) is 12.1 Å². The summed E-state index contributed by atoms with van der Waals surface area (Å²) in [7, 11) is -3.61. The Morgan fingerprint density at radius 1 is 1.04 bits per heavy atom.